The van der Waals surface area contributed by atoms with E-state index >= 15 is 0 Å². The molecule has 0 saturated carbocycles. The van der Waals surface area contributed by atoms with E-state index in [0.717, 1.165) is 19.3 Å². The van der Waals surface area contributed by atoms with Crippen molar-refractivity contribution in [2.75, 3.05) is 26.9 Å². The number of carbonyl (C=O) groups is 2. The van der Waals surface area contributed by atoms with Crippen LogP contribution in [0.5, 0.6) is 0 Å². The van der Waals surface area contributed by atoms with Gasteiger partial charge in [-0.1, -0.05) is 6.42 Å². The fraction of sp³-hybridized carbons (Fsp3) is 0.750. The molecule has 1 rings (SSSR count). The van der Waals surface area contributed by atoms with Crippen molar-refractivity contribution in [1.82, 2.24) is 20.3 Å². The first kappa shape index (κ1) is 23.9. The third-order valence-electron chi connectivity index (χ3n) is 3.71. The number of aromatic nitrogens is 3. The van der Waals surface area contributed by atoms with Crippen LogP contribution in [0.1, 0.15) is 37.8 Å². The van der Waals surface area contributed by atoms with Crippen LogP contribution in [0.4, 0.5) is 2.86 Å². The maximum atomic E-state index is 12.3. The first-order valence-corrected chi connectivity index (χ1v) is 10.7. The summed E-state index contributed by atoms with van der Waals surface area (Å²) < 4.78 is 23.6. The fourth-order valence-electron chi connectivity index (χ4n) is 2.15. The van der Waals surface area contributed by atoms with Crippen molar-refractivity contribution < 1.29 is 43.7 Å². The number of hydrogen-bond acceptors (Lipinski definition) is 7. The van der Waals surface area contributed by atoms with E-state index in [1.807, 2.05) is 0 Å². The number of carbonyl (C=O) groups excluding carboxylic acids is 2. The van der Waals surface area contributed by atoms with Crippen molar-refractivity contribution in [3.8, 4) is 0 Å². The molecule has 0 aliphatic rings. The maximum absolute atomic E-state index is 12.3. The number of aryl methyl sites for hydroxylation is 1. The summed E-state index contributed by atoms with van der Waals surface area (Å²) in [6.45, 7) is 2.54. The van der Waals surface area contributed by atoms with Gasteiger partial charge in [0, 0.05) is 13.7 Å². The molecule has 0 saturated heterocycles. The molecule has 1 aromatic heterocycles. The predicted molar refractivity (Wildman–Crippen MR) is 91.7 cm³/mol. The van der Waals surface area contributed by atoms with Crippen LogP contribution in [0.25, 0.3) is 0 Å². The molecule has 1 aromatic rings. The molecule has 0 spiro atoms. The van der Waals surface area contributed by atoms with E-state index in [9.17, 15) is 12.4 Å². The average Bonchev–Trinajstić information content (AvgIpc) is 3.13. The average molecular weight is 500 g/mol. The van der Waals surface area contributed by atoms with Gasteiger partial charge in [-0.05, 0) is 6.42 Å². The molecule has 0 bridgehead atoms. The van der Waals surface area contributed by atoms with Crippen LogP contribution in [-0.2, 0) is 32.2 Å². The van der Waals surface area contributed by atoms with Crippen LogP contribution in [0.3, 0.4) is 0 Å². The van der Waals surface area contributed by atoms with E-state index in [-0.39, 0.29) is 5.91 Å². The van der Waals surface area contributed by atoms with Crippen molar-refractivity contribution in [2.24, 2.45) is 5.73 Å². The summed E-state index contributed by atoms with van der Waals surface area (Å²) >= 11 is -1.97. The Morgan fingerprint density at radius 2 is 2.15 bits per heavy atom. The van der Waals surface area contributed by atoms with Gasteiger partial charge in [0.25, 0.3) is 0 Å². The zero-order chi connectivity index (χ0) is 19.9. The standard InChI is InChI=1S/C16H28FIN5O4/c1-26-9-10-27-8-4-2-3-5-15(24)20-11-13-12-23(22-21-13)7-6-14(19)16(25)18-17/h12,14H,2-11,19H2,1H3,(H,20,24)/q-1. The molecule has 1 atom stereocenters. The van der Waals surface area contributed by atoms with Crippen LogP contribution in [0.15, 0.2) is 6.20 Å². The molecular formula is C16H28FIN5O4-. The van der Waals surface area contributed by atoms with Crippen LogP contribution in [0.2, 0.25) is 0 Å². The van der Waals surface area contributed by atoms with E-state index < -0.39 is 31.6 Å². The minimum absolute atomic E-state index is 0.0376. The molecule has 0 fully saturated rings. The van der Waals surface area contributed by atoms with E-state index in [4.69, 9.17) is 15.2 Å². The van der Waals surface area contributed by atoms with Gasteiger partial charge >= 0.3 is 120 Å². The summed E-state index contributed by atoms with van der Waals surface area (Å²) in [6.07, 6.45) is 5.09. The van der Waals surface area contributed by atoms with Crippen molar-refractivity contribution >= 4 is 9.70 Å². The van der Waals surface area contributed by atoms with Crippen LogP contribution in [0, 0.1) is 0 Å². The molecule has 27 heavy (non-hydrogen) atoms. The van der Waals surface area contributed by atoms with Gasteiger partial charge in [-0.3, -0.25) is 0 Å². The van der Waals surface area contributed by atoms with Crippen molar-refractivity contribution in [1.29, 1.82) is 0 Å². The summed E-state index contributed by atoms with van der Waals surface area (Å²) in [4.78, 5) is 23.0. The van der Waals surface area contributed by atoms with Gasteiger partial charge in [-0.15, -0.1) is 0 Å². The topological polar surface area (TPSA) is 121 Å². The molecule has 1 unspecified atom stereocenters. The Balaban J connectivity index is 2.11. The molecule has 9 nitrogen and oxygen atoms in total. The Morgan fingerprint density at radius 3 is 2.89 bits per heavy atom. The molecule has 0 radical (unpaired) electrons. The second-order valence-electron chi connectivity index (χ2n) is 5.94. The number of rotatable bonds is 16. The summed E-state index contributed by atoms with van der Waals surface area (Å²) in [6, 6.07) is -0.791. The monoisotopic (exact) mass is 500 g/mol. The summed E-state index contributed by atoms with van der Waals surface area (Å²) in [5.74, 6) is -0.0376. The number of ether oxygens (including phenoxy) is 2. The van der Waals surface area contributed by atoms with Gasteiger partial charge in [0.15, 0.2) is 0 Å². The zero-order valence-electron chi connectivity index (χ0n) is 15.5. The molecule has 0 aliphatic heterocycles. The van der Waals surface area contributed by atoms with Crippen LogP contribution < -0.4 is 32.8 Å². The Hall–Kier alpha value is -1.18. The second-order valence-corrected chi connectivity index (χ2v) is 7.41. The van der Waals surface area contributed by atoms with Crippen molar-refractivity contribution in [3.63, 3.8) is 0 Å². The number of amides is 1. The Labute approximate surface area is 169 Å². The van der Waals surface area contributed by atoms with E-state index in [1.54, 1.807) is 13.3 Å². The number of unbranched alkanes of at least 4 members (excludes halogenated alkanes) is 2. The molecule has 0 aliphatic carbocycles. The van der Waals surface area contributed by atoms with Gasteiger partial charge in [0.05, 0.1) is 13.2 Å². The first-order chi connectivity index (χ1) is 13.1. The predicted octanol–water partition coefficient (Wildman–Crippen LogP) is -2.66. The fourth-order valence-corrected chi connectivity index (χ4v) is 2.77. The van der Waals surface area contributed by atoms with Gasteiger partial charge in [-0.2, -0.15) is 0 Å². The third-order valence-corrected chi connectivity index (χ3v) is 4.91. The van der Waals surface area contributed by atoms with Gasteiger partial charge in [0.1, 0.15) is 0 Å². The number of nitrogens with one attached hydrogen (secondary N) is 1. The van der Waals surface area contributed by atoms with Gasteiger partial charge in [0.2, 0.25) is 0 Å². The number of hydrogen-bond donors (Lipinski definition) is 2. The number of nitrogens with two attached hydrogens (primary N) is 1. The summed E-state index contributed by atoms with van der Waals surface area (Å²) in [7, 11) is 1.64. The molecular weight excluding hydrogens is 472 g/mol. The van der Waals surface area contributed by atoms with Crippen molar-refractivity contribution in [2.45, 2.75) is 51.2 Å². The number of methoxy groups -OCH3 is 1. The molecule has 1 amide bonds. The minimum atomic E-state index is -1.97. The summed E-state index contributed by atoms with van der Waals surface area (Å²) in [5.41, 5.74) is 6.20. The molecule has 3 N–H and O–H groups in total. The van der Waals surface area contributed by atoms with E-state index in [2.05, 4.69) is 15.6 Å². The quantitative estimate of drug-likeness (QED) is 0.144. The zero-order valence-corrected chi connectivity index (χ0v) is 17.7. The first-order valence-electron chi connectivity index (χ1n) is 8.84. The van der Waals surface area contributed by atoms with Crippen LogP contribution in [-0.4, -0.2) is 57.7 Å². The van der Waals surface area contributed by atoms with Crippen LogP contribution >= 0.6 is 0 Å². The van der Waals surface area contributed by atoms with Gasteiger partial charge < -0.3 is 9.47 Å². The SMILES string of the molecule is COCCOCCCCCC(=O)NCc1cn(CCC(N)C(=O)[I-]F)nn1. The van der Waals surface area contributed by atoms with E-state index in [0.29, 0.717) is 51.4 Å². The third kappa shape index (κ3) is 11.3. The van der Waals surface area contributed by atoms with Crippen molar-refractivity contribution in [3.05, 3.63) is 11.9 Å². The normalized spacial score (nSPS) is 12.3. The Kier molecular flexibility index (Phi) is 13.1. The van der Waals surface area contributed by atoms with E-state index in [1.165, 1.54) is 4.68 Å². The number of halogens is 2. The second kappa shape index (κ2) is 14.8. The molecule has 156 valence electrons. The van der Waals surface area contributed by atoms with Gasteiger partial charge in [-0.25, -0.2) is 0 Å². The Morgan fingerprint density at radius 1 is 1.33 bits per heavy atom. The Bertz CT molecular complexity index is 561. The molecule has 0 aromatic carbocycles. The summed E-state index contributed by atoms with van der Waals surface area (Å²) in [5, 5.41) is 10.7. The number of nitrogens with zero attached hydrogens (tertiary/aromatic N) is 3. The molecule has 1 heterocycles. The molecule has 11 heteroatoms.